The Morgan fingerprint density at radius 1 is 1.41 bits per heavy atom. The standard InChI is InChI=1S/C17H19NO4/c1-3-10-21-14-8-6-13(7-9-14)16(19)18-12-17(2,20)15-5-4-11-22-15/h3-9,11,20H,1,10,12H2,2H3,(H,18,19). The summed E-state index contributed by atoms with van der Waals surface area (Å²) in [5, 5.41) is 13.0. The third-order valence-electron chi connectivity index (χ3n) is 3.13. The van der Waals surface area contributed by atoms with Crippen LogP contribution in [0.1, 0.15) is 23.0 Å². The van der Waals surface area contributed by atoms with Crippen LogP contribution in [0, 0.1) is 0 Å². The molecule has 22 heavy (non-hydrogen) atoms. The number of carbonyl (C=O) groups is 1. The van der Waals surface area contributed by atoms with Crippen molar-refractivity contribution in [3.63, 3.8) is 0 Å². The van der Waals surface area contributed by atoms with E-state index in [-0.39, 0.29) is 12.5 Å². The molecular formula is C17H19NO4. The molecule has 0 fully saturated rings. The van der Waals surface area contributed by atoms with Gasteiger partial charge < -0.3 is 19.6 Å². The second-order valence-corrected chi connectivity index (χ2v) is 5.06. The molecule has 1 unspecified atom stereocenters. The molecule has 0 bridgehead atoms. The lowest BCUT2D eigenvalue weighted by molar-refractivity contribution is 0.0330. The van der Waals surface area contributed by atoms with E-state index in [2.05, 4.69) is 11.9 Å². The van der Waals surface area contributed by atoms with Crippen LogP contribution in [0.4, 0.5) is 0 Å². The van der Waals surface area contributed by atoms with Crippen molar-refractivity contribution >= 4 is 5.91 Å². The largest absolute Gasteiger partial charge is 0.490 e. The van der Waals surface area contributed by atoms with Crippen molar-refractivity contribution < 1.29 is 19.1 Å². The van der Waals surface area contributed by atoms with Gasteiger partial charge in [0.1, 0.15) is 23.7 Å². The summed E-state index contributed by atoms with van der Waals surface area (Å²) in [5.41, 5.74) is -0.771. The van der Waals surface area contributed by atoms with Crippen LogP contribution >= 0.6 is 0 Å². The number of amides is 1. The highest BCUT2D eigenvalue weighted by Crippen LogP contribution is 2.20. The fraction of sp³-hybridized carbons (Fsp3) is 0.235. The van der Waals surface area contributed by atoms with Gasteiger partial charge in [-0.2, -0.15) is 0 Å². The van der Waals surface area contributed by atoms with Crippen LogP contribution < -0.4 is 10.1 Å². The third kappa shape index (κ3) is 3.99. The van der Waals surface area contributed by atoms with Crippen molar-refractivity contribution in [3.8, 4) is 5.75 Å². The van der Waals surface area contributed by atoms with Gasteiger partial charge in [0.15, 0.2) is 0 Å². The highest BCUT2D eigenvalue weighted by atomic mass is 16.5. The highest BCUT2D eigenvalue weighted by Gasteiger charge is 2.26. The van der Waals surface area contributed by atoms with Gasteiger partial charge in [-0.3, -0.25) is 4.79 Å². The summed E-state index contributed by atoms with van der Waals surface area (Å²) in [6, 6.07) is 10.1. The van der Waals surface area contributed by atoms with Crippen LogP contribution in [-0.4, -0.2) is 24.2 Å². The Bertz CT molecular complexity index is 615. The number of ether oxygens (including phenoxy) is 1. The monoisotopic (exact) mass is 301 g/mol. The van der Waals surface area contributed by atoms with Gasteiger partial charge in [-0.15, -0.1) is 0 Å². The zero-order chi connectivity index (χ0) is 16.0. The first-order chi connectivity index (χ1) is 10.5. The van der Waals surface area contributed by atoms with E-state index in [0.717, 1.165) is 0 Å². The average molecular weight is 301 g/mol. The van der Waals surface area contributed by atoms with E-state index in [1.165, 1.54) is 6.26 Å². The maximum absolute atomic E-state index is 12.1. The molecule has 1 aromatic heterocycles. The summed E-state index contributed by atoms with van der Waals surface area (Å²) in [6.07, 6.45) is 3.13. The molecule has 1 heterocycles. The lowest BCUT2D eigenvalue weighted by atomic mass is 10.0. The van der Waals surface area contributed by atoms with Gasteiger partial charge in [0.25, 0.3) is 5.91 Å². The van der Waals surface area contributed by atoms with Gasteiger partial charge in [-0.25, -0.2) is 0 Å². The molecule has 116 valence electrons. The lowest BCUT2D eigenvalue weighted by Gasteiger charge is -2.21. The topological polar surface area (TPSA) is 71.7 Å². The zero-order valence-electron chi connectivity index (χ0n) is 12.4. The van der Waals surface area contributed by atoms with E-state index < -0.39 is 5.60 Å². The summed E-state index contributed by atoms with van der Waals surface area (Å²) < 4.78 is 10.5. The van der Waals surface area contributed by atoms with Gasteiger partial charge in [-0.1, -0.05) is 12.7 Å². The SMILES string of the molecule is C=CCOc1ccc(C(=O)NCC(C)(O)c2ccco2)cc1. The molecule has 2 rings (SSSR count). The van der Waals surface area contributed by atoms with E-state index in [0.29, 0.717) is 23.7 Å². The molecule has 1 atom stereocenters. The average Bonchev–Trinajstić information content (AvgIpc) is 3.06. The number of nitrogens with one attached hydrogen (secondary N) is 1. The Hall–Kier alpha value is -2.53. The molecule has 2 aromatic rings. The minimum atomic E-state index is -1.26. The number of aliphatic hydroxyl groups is 1. The summed E-state index contributed by atoms with van der Waals surface area (Å²) in [6.45, 7) is 5.62. The molecule has 5 nitrogen and oxygen atoms in total. The summed E-state index contributed by atoms with van der Waals surface area (Å²) in [4.78, 5) is 12.1. The molecule has 0 radical (unpaired) electrons. The summed E-state index contributed by atoms with van der Waals surface area (Å²) >= 11 is 0. The van der Waals surface area contributed by atoms with Crippen LogP contribution in [0.15, 0.2) is 59.7 Å². The Morgan fingerprint density at radius 2 is 2.14 bits per heavy atom. The van der Waals surface area contributed by atoms with E-state index in [1.807, 2.05) is 0 Å². The molecular weight excluding hydrogens is 282 g/mol. The van der Waals surface area contributed by atoms with Crippen molar-refractivity contribution in [3.05, 3.63) is 66.6 Å². The minimum absolute atomic E-state index is 0.0497. The van der Waals surface area contributed by atoms with Crippen molar-refractivity contribution in [1.29, 1.82) is 0 Å². The van der Waals surface area contributed by atoms with E-state index in [9.17, 15) is 9.90 Å². The molecule has 1 aromatic carbocycles. The molecule has 0 saturated carbocycles. The Kier molecular flexibility index (Phi) is 5.01. The van der Waals surface area contributed by atoms with Crippen LogP contribution in [0.25, 0.3) is 0 Å². The molecule has 0 saturated heterocycles. The minimum Gasteiger partial charge on any atom is -0.490 e. The van der Waals surface area contributed by atoms with Crippen LogP contribution in [0.3, 0.4) is 0 Å². The maximum atomic E-state index is 12.1. The van der Waals surface area contributed by atoms with E-state index in [4.69, 9.17) is 9.15 Å². The fourth-order valence-corrected chi connectivity index (χ4v) is 1.88. The number of hydrogen-bond donors (Lipinski definition) is 2. The number of benzene rings is 1. The molecule has 0 aliphatic heterocycles. The summed E-state index contributed by atoms with van der Waals surface area (Å²) in [7, 11) is 0. The highest BCUT2D eigenvalue weighted by molar-refractivity contribution is 5.94. The van der Waals surface area contributed by atoms with E-state index >= 15 is 0 Å². The van der Waals surface area contributed by atoms with Gasteiger partial charge in [0.2, 0.25) is 0 Å². The normalized spacial score (nSPS) is 13.2. The molecule has 1 amide bonds. The Morgan fingerprint density at radius 3 is 2.73 bits per heavy atom. The third-order valence-corrected chi connectivity index (χ3v) is 3.13. The zero-order valence-corrected chi connectivity index (χ0v) is 12.4. The number of carbonyl (C=O) groups excluding carboxylic acids is 1. The predicted molar refractivity (Wildman–Crippen MR) is 82.7 cm³/mol. The van der Waals surface area contributed by atoms with Gasteiger partial charge in [-0.05, 0) is 43.3 Å². The molecule has 2 N–H and O–H groups in total. The van der Waals surface area contributed by atoms with Gasteiger partial charge >= 0.3 is 0 Å². The number of rotatable bonds is 7. The lowest BCUT2D eigenvalue weighted by Crippen LogP contribution is -2.38. The quantitative estimate of drug-likeness (QED) is 0.771. The van der Waals surface area contributed by atoms with Crippen molar-refractivity contribution in [2.45, 2.75) is 12.5 Å². The first-order valence-electron chi connectivity index (χ1n) is 6.91. The first-order valence-corrected chi connectivity index (χ1v) is 6.91. The van der Waals surface area contributed by atoms with Gasteiger partial charge in [0.05, 0.1) is 12.8 Å². The predicted octanol–water partition coefficient (Wildman–Crippen LogP) is 2.48. The molecule has 0 spiro atoms. The van der Waals surface area contributed by atoms with Crippen molar-refractivity contribution in [2.75, 3.05) is 13.2 Å². The van der Waals surface area contributed by atoms with Gasteiger partial charge in [0, 0.05) is 5.56 Å². The van der Waals surface area contributed by atoms with Crippen LogP contribution in [0.5, 0.6) is 5.75 Å². The maximum Gasteiger partial charge on any atom is 0.251 e. The van der Waals surface area contributed by atoms with Crippen molar-refractivity contribution in [1.82, 2.24) is 5.32 Å². The van der Waals surface area contributed by atoms with Crippen molar-refractivity contribution in [2.24, 2.45) is 0 Å². The second-order valence-electron chi connectivity index (χ2n) is 5.06. The molecule has 0 aliphatic carbocycles. The number of hydrogen-bond acceptors (Lipinski definition) is 4. The fourth-order valence-electron chi connectivity index (χ4n) is 1.88. The Balaban J connectivity index is 1.93. The summed E-state index contributed by atoms with van der Waals surface area (Å²) in [5.74, 6) is 0.794. The van der Waals surface area contributed by atoms with Crippen LogP contribution in [-0.2, 0) is 5.60 Å². The molecule has 5 heteroatoms. The molecule has 0 aliphatic rings. The Labute approximate surface area is 129 Å². The van der Waals surface area contributed by atoms with Crippen LogP contribution in [0.2, 0.25) is 0 Å². The number of furan rings is 1. The second kappa shape index (κ2) is 6.95. The first kappa shape index (κ1) is 15.9. The van der Waals surface area contributed by atoms with E-state index in [1.54, 1.807) is 49.4 Å². The smallest absolute Gasteiger partial charge is 0.251 e.